The monoisotopic (exact) mass is 1230 g/mol. The molecular weight excluding hydrogens is 1170 g/mol. The standard InChI is InChI=1S/C85H58B2N6OS/c1-9-30-57(31-10-1)85(58-32-11-2-12-33-58)88-72-49-29-46-67(82(72)89-85)79-83-70(86-68-47-25-27-50-73(68)92(63-42-21-7-22-43-63)75-52-65(54-77(94-83)80(75)86)90(59-34-13-3-14-35-59)60-36-15-4-16-37-60)56-71-84(79)95-78-55-66(91(61-38-17-5-18-39-61)62-40-19-6-20-41-62)53-76-81(78)87(71)69-48-26-28-51-74(69)93(76)64-44-23-8-24-45-64/h1-56,88-89H. The van der Waals surface area contributed by atoms with Gasteiger partial charge in [-0.05, 0) is 137 Å². The van der Waals surface area contributed by atoms with E-state index in [9.17, 15) is 0 Å². The summed E-state index contributed by atoms with van der Waals surface area (Å²) in [5, 5.41) is 8.43. The third kappa shape index (κ3) is 8.71. The Morgan fingerprint density at radius 3 is 1.28 bits per heavy atom. The van der Waals surface area contributed by atoms with Crippen LogP contribution in [0.15, 0.2) is 350 Å². The largest absolute Gasteiger partial charge is 0.458 e. The van der Waals surface area contributed by atoms with Crippen LogP contribution in [-0.4, -0.2) is 13.4 Å². The number of hydrogen-bond donors (Lipinski definition) is 2. The van der Waals surface area contributed by atoms with Crippen LogP contribution in [0.2, 0.25) is 0 Å². The van der Waals surface area contributed by atoms with Crippen molar-refractivity contribution in [2.24, 2.45) is 0 Å². The summed E-state index contributed by atoms with van der Waals surface area (Å²) in [5.41, 5.74) is 25.6. The lowest BCUT2D eigenvalue weighted by atomic mass is 9.31. The molecule has 95 heavy (non-hydrogen) atoms. The third-order valence-electron chi connectivity index (χ3n) is 19.6. The van der Waals surface area contributed by atoms with Crippen LogP contribution < -0.4 is 67.7 Å². The Labute approximate surface area is 558 Å². The molecule has 0 amide bonds. The van der Waals surface area contributed by atoms with Crippen LogP contribution in [0.5, 0.6) is 11.5 Å². The molecule has 446 valence electrons. The van der Waals surface area contributed by atoms with Crippen molar-refractivity contribution < 1.29 is 4.74 Å². The second kappa shape index (κ2) is 22.2. The van der Waals surface area contributed by atoms with Gasteiger partial charge in [0, 0.05) is 101 Å². The highest BCUT2D eigenvalue weighted by Crippen LogP contribution is 2.56. The Morgan fingerprint density at radius 1 is 0.347 bits per heavy atom. The van der Waals surface area contributed by atoms with Crippen molar-refractivity contribution in [2.45, 2.75) is 15.5 Å². The van der Waals surface area contributed by atoms with Crippen LogP contribution >= 0.6 is 11.8 Å². The lowest BCUT2D eigenvalue weighted by Gasteiger charge is -2.44. The molecule has 5 aliphatic rings. The predicted octanol–water partition coefficient (Wildman–Crippen LogP) is 18.2. The Hall–Kier alpha value is -11.8. The average Bonchev–Trinajstić information content (AvgIpc) is 0.790. The zero-order valence-corrected chi connectivity index (χ0v) is 52.4. The fourth-order valence-corrected chi connectivity index (χ4v) is 17.0. The van der Waals surface area contributed by atoms with Gasteiger partial charge < -0.3 is 35.0 Å². The van der Waals surface area contributed by atoms with Crippen molar-refractivity contribution in [3.05, 3.63) is 351 Å². The van der Waals surface area contributed by atoms with Gasteiger partial charge >= 0.3 is 0 Å². The van der Waals surface area contributed by atoms with Gasteiger partial charge in [0.1, 0.15) is 11.5 Å². The Morgan fingerprint density at radius 2 is 0.779 bits per heavy atom. The minimum Gasteiger partial charge on any atom is -0.458 e. The summed E-state index contributed by atoms with van der Waals surface area (Å²) in [6.07, 6.45) is 0. The molecule has 14 aromatic rings. The van der Waals surface area contributed by atoms with E-state index in [1.807, 2.05) is 11.8 Å². The molecule has 0 saturated carbocycles. The first-order valence-corrected chi connectivity index (χ1v) is 33.4. The fraction of sp³-hybridized carbons (Fsp3) is 0.0118. The van der Waals surface area contributed by atoms with Gasteiger partial charge in [-0.3, -0.25) is 0 Å². The van der Waals surface area contributed by atoms with Crippen LogP contribution in [-0.2, 0) is 5.66 Å². The van der Waals surface area contributed by atoms with Crippen molar-refractivity contribution >= 4 is 138 Å². The lowest BCUT2D eigenvalue weighted by Crippen LogP contribution is -2.63. The molecule has 0 aromatic heterocycles. The van der Waals surface area contributed by atoms with E-state index in [-0.39, 0.29) is 13.4 Å². The van der Waals surface area contributed by atoms with Crippen LogP contribution in [0.1, 0.15) is 11.1 Å². The maximum absolute atomic E-state index is 8.20. The smallest absolute Gasteiger partial charge is 0.256 e. The molecule has 0 atom stereocenters. The number of anilines is 14. The van der Waals surface area contributed by atoms with Gasteiger partial charge in [-0.15, -0.1) is 0 Å². The summed E-state index contributed by atoms with van der Waals surface area (Å²) in [4.78, 5) is 12.1. The summed E-state index contributed by atoms with van der Waals surface area (Å²) in [6.45, 7) is -0.454. The number of benzene rings is 14. The van der Waals surface area contributed by atoms with Crippen LogP contribution in [0.4, 0.5) is 79.6 Å². The Balaban J connectivity index is 0.924. The van der Waals surface area contributed by atoms with Gasteiger partial charge in [0.25, 0.3) is 6.71 Å². The minimum absolute atomic E-state index is 0.198. The molecular formula is C85H58B2N6OS. The zero-order chi connectivity index (χ0) is 62.6. The van der Waals surface area contributed by atoms with Gasteiger partial charge in [-0.1, -0.05) is 242 Å². The number of para-hydroxylation sites is 9. The maximum atomic E-state index is 8.20. The molecule has 0 spiro atoms. The minimum atomic E-state index is -0.820. The number of rotatable bonds is 11. The highest BCUT2D eigenvalue weighted by Gasteiger charge is 2.50. The van der Waals surface area contributed by atoms with E-state index in [0.29, 0.717) is 0 Å². The van der Waals surface area contributed by atoms with E-state index >= 15 is 0 Å². The third-order valence-corrected chi connectivity index (χ3v) is 20.8. The SMILES string of the molecule is c1ccc(N(c2ccccc2)c2cc3c4c(c2)N(c2ccccc2)c2ccccc2B4c2cc4c(c(-c5cccc6c5NC(c5ccccc5)(c5ccccc5)N6)c2O3)Sc2cc(N(c3ccccc3)c3ccccc3)cc3c2B4c2ccccc2N3c2ccccc2)cc1. The average molecular weight is 1230 g/mol. The first-order valence-electron chi connectivity index (χ1n) is 32.6. The van der Waals surface area contributed by atoms with Crippen molar-refractivity contribution in [3.8, 4) is 22.6 Å². The van der Waals surface area contributed by atoms with Gasteiger partial charge in [0.05, 0.1) is 17.1 Å². The number of ether oxygens (including phenoxy) is 1. The van der Waals surface area contributed by atoms with E-state index in [2.05, 4.69) is 370 Å². The van der Waals surface area contributed by atoms with Crippen molar-refractivity contribution in [1.82, 2.24) is 0 Å². The number of hydrogen-bond acceptors (Lipinski definition) is 8. The molecule has 0 saturated heterocycles. The van der Waals surface area contributed by atoms with E-state index in [1.54, 1.807) is 0 Å². The lowest BCUT2D eigenvalue weighted by molar-refractivity contribution is 0.488. The van der Waals surface area contributed by atoms with Crippen LogP contribution in [0.25, 0.3) is 11.1 Å². The van der Waals surface area contributed by atoms with Crippen LogP contribution in [0, 0.1) is 0 Å². The molecule has 5 heterocycles. The molecule has 7 nitrogen and oxygen atoms in total. The highest BCUT2D eigenvalue weighted by molar-refractivity contribution is 8.00. The summed E-state index contributed by atoms with van der Waals surface area (Å²) in [5.74, 6) is 1.64. The first kappa shape index (κ1) is 54.9. The topological polar surface area (TPSA) is 46.2 Å². The molecule has 0 aliphatic carbocycles. The Bertz CT molecular complexity index is 4910. The van der Waals surface area contributed by atoms with Crippen molar-refractivity contribution in [2.75, 3.05) is 30.2 Å². The second-order valence-electron chi connectivity index (χ2n) is 24.8. The quantitative estimate of drug-likeness (QED) is 0.124. The molecule has 5 aliphatic heterocycles. The zero-order valence-electron chi connectivity index (χ0n) is 51.6. The van der Waals surface area contributed by atoms with E-state index < -0.39 is 5.66 Å². The van der Waals surface area contributed by atoms with Crippen LogP contribution in [0.3, 0.4) is 0 Å². The van der Waals surface area contributed by atoms with Gasteiger partial charge in [-0.2, -0.15) is 0 Å². The molecule has 14 aromatic carbocycles. The molecule has 19 rings (SSSR count). The first-order chi connectivity index (χ1) is 47.1. The second-order valence-corrected chi connectivity index (χ2v) is 25.9. The molecule has 10 heteroatoms. The van der Waals surface area contributed by atoms with Gasteiger partial charge in [0.15, 0.2) is 5.66 Å². The summed E-state index contributed by atoms with van der Waals surface area (Å²) >= 11 is 1.87. The normalized spacial score (nSPS) is 13.7. The van der Waals surface area contributed by atoms with Gasteiger partial charge in [0.2, 0.25) is 6.71 Å². The van der Waals surface area contributed by atoms with Crippen molar-refractivity contribution in [1.29, 1.82) is 0 Å². The van der Waals surface area contributed by atoms with E-state index in [0.717, 1.165) is 129 Å². The summed E-state index contributed by atoms with van der Waals surface area (Å²) in [7, 11) is 0. The van der Waals surface area contributed by atoms with Gasteiger partial charge in [-0.25, -0.2) is 0 Å². The number of nitrogens with one attached hydrogen (secondary N) is 2. The molecule has 0 radical (unpaired) electrons. The predicted molar refractivity (Wildman–Crippen MR) is 398 cm³/mol. The fourth-order valence-electron chi connectivity index (χ4n) is 15.6. The molecule has 0 unspecified atom stereocenters. The van der Waals surface area contributed by atoms with Crippen molar-refractivity contribution in [3.63, 3.8) is 0 Å². The molecule has 0 bridgehead atoms. The Kier molecular flexibility index (Phi) is 12.8. The maximum Gasteiger partial charge on any atom is 0.256 e. The molecule has 0 fully saturated rings. The summed E-state index contributed by atoms with van der Waals surface area (Å²) in [6, 6.07) is 124. The number of fused-ring (bicyclic) bond motifs is 9. The van der Waals surface area contributed by atoms with E-state index in [4.69, 9.17) is 4.74 Å². The summed E-state index contributed by atoms with van der Waals surface area (Å²) < 4.78 is 8.20. The number of nitrogens with zero attached hydrogens (tertiary/aromatic N) is 4. The van der Waals surface area contributed by atoms with E-state index in [1.165, 1.54) is 26.7 Å². The molecule has 2 N–H and O–H groups in total. The highest BCUT2D eigenvalue weighted by atomic mass is 32.2.